The van der Waals surface area contributed by atoms with Crippen LogP contribution in [0.4, 0.5) is 0 Å². The Labute approximate surface area is 101 Å². The molecule has 1 aliphatic rings. The molecule has 1 aromatic heterocycles. The molecular weight excluding hydrogens is 309 g/mol. The van der Waals surface area contributed by atoms with E-state index in [1.165, 1.54) is 0 Å². The van der Waals surface area contributed by atoms with Gasteiger partial charge in [-0.05, 0) is 41.9 Å². The average molecular weight is 321 g/mol. The Bertz CT molecular complexity index is 392. The van der Waals surface area contributed by atoms with Gasteiger partial charge < -0.3 is 10.8 Å². The van der Waals surface area contributed by atoms with Gasteiger partial charge in [0.25, 0.3) is 0 Å². The normalized spacial score (nSPS) is 30.7. The van der Waals surface area contributed by atoms with Crippen LogP contribution in [0.3, 0.4) is 0 Å². The summed E-state index contributed by atoms with van der Waals surface area (Å²) in [6, 6.07) is 0.120. The third-order valence-corrected chi connectivity index (χ3v) is 3.45. The molecule has 1 heterocycles. The molecule has 82 valence electrons. The van der Waals surface area contributed by atoms with Crippen molar-refractivity contribution < 1.29 is 9.90 Å². The van der Waals surface area contributed by atoms with Crippen LogP contribution in [0.25, 0.3) is 0 Å². The quantitative estimate of drug-likeness (QED) is 0.796. The van der Waals surface area contributed by atoms with Crippen LogP contribution >= 0.6 is 22.6 Å². The SMILES string of the molecule is NC1(C(=O)O)CCC(n2cc(I)cn2)C1. The zero-order valence-corrected chi connectivity index (χ0v) is 10.2. The maximum absolute atomic E-state index is 10.9. The lowest BCUT2D eigenvalue weighted by Gasteiger charge is -2.18. The van der Waals surface area contributed by atoms with Crippen LogP contribution < -0.4 is 5.73 Å². The van der Waals surface area contributed by atoms with Gasteiger partial charge in [0, 0.05) is 6.20 Å². The predicted octanol–water partition coefficient (Wildman–Crippen LogP) is 0.995. The molecule has 2 unspecified atom stereocenters. The van der Waals surface area contributed by atoms with Crippen LogP contribution in [-0.4, -0.2) is 26.4 Å². The Morgan fingerprint density at radius 2 is 2.53 bits per heavy atom. The Morgan fingerprint density at radius 3 is 3.00 bits per heavy atom. The van der Waals surface area contributed by atoms with Crippen molar-refractivity contribution in [3.63, 3.8) is 0 Å². The highest BCUT2D eigenvalue weighted by Gasteiger charge is 2.42. The summed E-state index contributed by atoms with van der Waals surface area (Å²) in [5, 5.41) is 13.2. The minimum absolute atomic E-state index is 0.120. The van der Waals surface area contributed by atoms with E-state index >= 15 is 0 Å². The number of hydrogen-bond acceptors (Lipinski definition) is 3. The number of carboxylic acids is 1. The highest BCUT2D eigenvalue weighted by molar-refractivity contribution is 14.1. The van der Waals surface area contributed by atoms with Crippen molar-refractivity contribution in [3.05, 3.63) is 16.0 Å². The molecule has 0 bridgehead atoms. The Morgan fingerprint density at radius 1 is 1.80 bits per heavy atom. The van der Waals surface area contributed by atoms with Gasteiger partial charge in [-0.1, -0.05) is 0 Å². The van der Waals surface area contributed by atoms with E-state index in [-0.39, 0.29) is 6.04 Å². The first-order chi connectivity index (χ1) is 7.01. The van der Waals surface area contributed by atoms with E-state index in [2.05, 4.69) is 27.7 Å². The fourth-order valence-corrected chi connectivity index (χ4v) is 2.39. The van der Waals surface area contributed by atoms with Gasteiger partial charge in [-0.15, -0.1) is 0 Å². The molecule has 0 aliphatic heterocycles. The number of aromatic nitrogens is 2. The van der Waals surface area contributed by atoms with E-state index in [4.69, 9.17) is 10.8 Å². The van der Waals surface area contributed by atoms with Crippen LogP contribution in [0.2, 0.25) is 0 Å². The van der Waals surface area contributed by atoms with E-state index in [9.17, 15) is 4.79 Å². The number of rotatable bonds is 2. The third-order valence-electron chi connectivity index (χ3n) is 2.89. The Hall–Kier alpha value is -0.630. The van der Waals surface area contributed by atoms with Crippen LogP contribution in [0, 0.1) is 3.57 Å². The Kier molecular flexibility index (Phi) is 2.72. The molecule has 2 rings (SSSR count). The van der Waals surface area contributed by atoms with Crippen molar-refractivity contribution in [3.8, 4) is 0 Å². The van der Waals surface area contributed by atoms with Gasteiger partial charge in [0.05, 0.1) is 15.8 Å². The molecule has 0 spiro atoms. The molecule has 1 aliphatic carbocycles. The number of carboxylic acid groups (broad SMARTS) is 1. The first kappa shape index (κ1) is 10.9. The number of halogens is 1. The summed E-state index contributed by atoms with van der Waals surface area (Å²) in [6.07, 6.45) is 5.43. The van der Waals surface area contributed by atoms with E-state index in [0.717, 1.165) is 9.99 Å². The summed E-state index contributed by atoms with van der Waals surface area (Å²) >= 11 is 2.18. The summed E-state index contributed by atoms with van der Waals surface area (Å²) < 4.78 is 2.87. The van der Waals surface area contributed by atoms with E-state index in [0.29, 0.717) is 12.8 Å². The monoisotopic (exact) mass is 321 g/mol. The molecule has 1 saturated carbocycles. The van der Waals surface area contributed by atoms with E-state index in [1.807, 2.05) is 10.9 Å². The molecule has 0 radical (unpaired) electrons. The number of carbonyl (C=O) groups is 1. The van der Waals surface area contributed by atoms with Gasteiger partial charge in [-0.3, -0.25) is 9.48 Å². The minimum Gasteiger partial charge on any atom is -0.480 e. The largest absolute Gasteiger partial charge is 0.480 e. The number of hydrogen-bond donors (Lipinski definition) is 2. The van der Waals surface area contributed by atoms with Crippen molar-refractivity contribution in [1.82, 2.24) is 9.78 Å². The summed E-state index contributed by atoms with van der Waals surface area (Å²) in [6.45, 7) is 0. The van der Waals surface area contributed by atoms with Crippen molar-refractivity contribution in [1.29, 1.82) is 0 Å². The molecule has 6 heteroatoms. The molecule has 0 amide bonds. The highest BCUT2D eigenvalue weighted by Crippen LogP contribution is 2.36. The highest BCUT2D eigenvalue weighted by atomic mass is 127. The first-order valence-electron chi connectivity index (χ1n) is 4.73. The van der Waals surface area contributed by atoms with Crippen LogP contribution in [0.15, 0.2) is 12.4 Å². The second-order valence-electron chi connectivity index (χ2n) is 4.00. The number of nitrogens with two attached hydrogens (primary N) is 1. The van der Waals surface area contributed by atoms with Crippen molar-refractivity contribution in [2.75, 3.05) is 0 Å². The molecule has 0 aromatic carbocycles. The molecule has 0 saturated heterocycles. The molecule has 3 N–H and O–H groups in total. The zero-order valence-electron chi connectivity index (χ0n) is 8.06. The maximum Gasteiger partial charge on any atom is 0.323 e. The van der Waals surface area contributed by atoms with Crippen molar-refractivity contribution >= 4 is 28.6 Å². The zero-order chi connectivity index (χ0) is 11.1. The first-order valence-corrected chi connectivity index (χ1v) is 5.81. The smallest absolute Gasteiger partial charge is 0.323 e. The summed E-state index contributed by atoms with van der Waals surface area (Å²) in [7, 11) is 0. The lowest BCUT2D eigenvalue weighted by Crippen LogP contribution is -2.45. The summed E-state index contributed by atoms with van der Waals surface area (Å²) in [4.78, 5) is 10.9. The van der Waals surface area contributed by atoms with Gasteiger partial charge >= 0.3 is 5.97 Å². The van der Waals surface area contributed by atoms with Crippen molar-refractivity contribution in [2.45, 2.75) is 30.8 Å². The fraction of sp³-hybridized carbons (Fsp3) is 0.556. The number of nitrogens with zero attached hydrogens (tertiary/aromatic N) is 2. The lowest BCUT2D eigenvalue weighted by molar-refractivity contribution is -0.143. The average Bonchev–Trinajstić information content (AvgIpc) is 2.73. The van der Waals surface area contributed by atoms with Gasteiger partial charge in [-0.25, -0.2) is 0 Å². The molecule has 1 aromatic rings. The van der Waals surface area contributed by atoms with Gasteiger partial charge in [0.2, 0.25) is 0 Å². The molecule has 15 heavy (non-hydrogen) atoms. The minimum atomic E-state index is -1.07. The van der Waals surface area contributed by atoms with Gasteiger partial charge in [0.15, 0.2) is 0 Å². The lowest BCUT2D eigenvalue weighted by atomic mass is 9.99. The van der Waals surface area contributed by atoms with E-state index in [1.54, 1.807) is 6.20 Å². The molecule has 5 nitrogen and oxygen atoms in total. The molecular formula is C9H12IN3O2. The second-order valence-corrected chi connectivity index (χ2v) is 5.24. The molecule has 2 atom stereocenters. The van der Waals surface area contributed by atoms with Crippen LogP contribution in [0.1, 0.15) is 25.3 Å². The third kappa shape index (κ3) is 2.00. The Balaban J connectivity index is 2.14. The summed E-state index contributed by atoms with van der Waals surface area (Å²) in [5.41, 5.74) is 4.73. The topological polar surface area (TPSA) is 81.1 Å². The predicted molar refractivity (Wildman–Crippen MR) is 62.4 cm³/mol. The fourth-order valence-electron chi connectivity index (χ4n) is 1.98. The molecule has 1 fully saturated rings. The number of aliphatic carboxylic acids is 1. The van der Waals surface area contributed by atoms with Crippen LogP contribution in [0.5, 0.6) is 0 Å². The van der Waals surface area contributed by atoms with Crippen molar-refractivity contribution in [2.24, 2.45) is 5.73 Å². The van der Waals surface area contributed by atoms with Gasteiger partial charge in [0.1, 0.15) is 5.54 Å². The standard InChI is InChI=1S/C9H12IN3O2/c10-6-4-12-13(5-6)7-1-2-9(11,3-7)8(14)15/h4-5,7H,1-3,11H2,(H,14,15). The maximum atomic E-state index is 10.9. The summed E-state index contributed by atoms with van der Waals surface area (Å²) in [5.74, 6) is -0.910. The second kappa shape index (κ2) is 3.75. The van der Waals surface area contributed by atoms with E-state index < -0.39 is 11.5 Å². The van der Waals surface area contributed by atoms with Gasteiger partial charge in [-0.2, -0.15) is 5.10 Å². The van der Waals surface area contributed by atoms with Crippen LogP contribution in [-0.2, 0) is 4.79 Å².